The Morgan fingerprint density at radius 3 is 2.49 bits per heavy atom. The molecule has 0 aliphatic rings. The molecule has 3 aromatic rings. The van der Waals surface area contributed by atoms with Gasteiger partial charge in [-0.25, -0.2) is 8.42 Å². The van der Waals surface area contributed by atoms with Crippen LogP contribution in [-0.4, -0.2) is 61.5 Å². The second-order valence-corrected chi connectivity index (χ2v) is 10.2. The van der Waals surface area contributed by atoms with E-state index in [1.54, 1.807) is 18.2 Å². The number of ether oxygens (including phenoxy) is 1. The SMILES string of the molecule is NC(N)=NCCCCCOc1ccn2c(=O)cc(C(=O)NC[C@H](NS(=O)(=O)c3ccccc3)C(=O)O)cc2c1. The lowest BCUT2D eigenvalue weighted by Gasteiger charge is -2.16. The van der Waals surface area contributed by atoms with Gasteiger partial charge in [-0.3, -0.25) is 23.8 Å². The number of carbonyl (C=O) groups is 2. The molecule has 0 radical (unpaired) electrons. The van der Waals surface area contributed by atoms with Crippen LogP contribution in [0.5, 0.6) is 5.75 Å². The number of aliphatic imine (C=N–C) groups is 1. The number of hydrogen-bond donors (Lipinski definition) is 5. The molecule has 0 spiro atoms. The zero-order valence-electron chi connectivity index (χ0n) is 20.9. The van der Waals surface area contributed by atoms with Crippen molar-refractivity contribution in [3.8, 4) is 5.75 Å². The molecule has 3 rings (SSSR count). The minimum absolute atomic E-state index is 0.0214. The lowest BCUT2D eigenvalue weighted by molar-refractivity contribution is -0.138. The molecule has 1 amide bonds. The van der Waals surface area contributed by atoms with Crippen LogP contribution in [0.15, 0.2) is 75.5 Å². The van der Waals surface area contributed by atoms with E-state index in [4.69, 9.17) is 16.2 Å². The highest BCUT2D eigenvalue weighted by molar-refractivity contribution is 7.89. The summed E-state index contributed by atoms with van der Waals surface area (Å²) in [6.07, 6.45) is 3.95. The standard InChI is InChI=1S/C25H30N6O7S/c26-25(27)28-10-5-2-6-12-38-19-9-11-31-18(15-19)13-17(14-22(31)32)23(33)29-16-21(24(34)35)30-39(36,37)20-7-3-1-4-8-20/h1,3-4,7-9,11,13-15,21,30H,2,5-6,10,12,16H2,(H,29,33)(H,34,35)(H4,26,27,28)/t21-/m0/s1. The van der Waals surface area contributed by atoms with Crippen molar-refractivity contribution in [3.05, 3.63) is 76.7 Å². The van der Waals surface area contributed by atoms with Gasteiger partial charge in [0.25, 0.3) is 11.5 Å². The Hall–Kier alpha value is -4.43. The molecule has 2 heterocycles. The maximum atomic E-state index is 12.7. The Kier molecular flexibility index (Phi) is 10.0. The smallest absolute Gasteiger partial charge is 0.323 e. The number of guanidine groups is 1. The van der Waals surface area contributed by atoms with Crippen LogP contribution < -0.4 is 31.8 Å². The molecule has 0 unspecified atom stereocenters. The first-order chi connectivity index (χ1) is 18.6. The quantitative estimate of drug-likeness (QED) is 0.104. The number of rotatable bonds is 14. The van der Waals surface area contributed by atoms with E-state index in [9.17, 15) is 27.9 Å². The molecule has 39 heavy (non-hydrogen) atoms. The minimum Gasteiger partial charge on any atom is -0.493 e. The minimum atomic E-state index is -4.14. The van der Waals surface area contributed by atoms with E-state index in [0.717, 1.165) is 25.3 Å². The van der Waals surface area contributed by atoms with Crippen molar-refractivity contribution in [3.63, 3.8) is 0 Å². The van der Waals surface area contributed by atoms with Gasteiger partial charge in [0, 0.05) is 37.0 Å². The lowest BCUT2D eigenvalue weighted by atomic mass is 10.2. The number of nitrogens with two attached hydrogens (primary N) is 2. The fraction of sp³-hybridized carbons (Fsp3) is 0.280. The molecular formula is C25H30N6O7S. The number of carboxylic acid groups (broad SMARTS) is 1. The summed E-state index contributed by atoms with van der Waals surface area (Å²) in [5.41, 5.74) is 10.5. The topological polar surface area (TPSA) is 208 Å². The Bertz CT molecular complexity index is 1500. The molecule has 208 valence electrons. The molecular weight excluding hydrogens is 528 g/mol. The number of sulfonamides is 1. The summed E-state index contributed by atoms with van der Waals surface area (Å²) in [4.78, 5) is 40.7. The zero-order chi connectivity index (χ0) is 28.4. The zero-order valence-corrected chi connectivity index (χ0v) is 21.8. The predicted octanol–water partition coefficient (Wildman–Crippen LogP) is 0.284. The third kappa shape index (κ3) is 8.55. The fourth-order valence-corrected chi connectivity index (χ4v) is 4.76. The molecule has 7 N–H and O–H groups in total. The molecule has 0 fully saturated rings. The van der Waals surface area contributed by atoms with Crippen molar-refractivity contribution >= 4 is 33.4 Å². The second-order valence-electron chi connectivity index (χ2n) is 8.49. The first-order valence-corrected chi connectivity index (χ1v) is 13.5. The highest BCUT2D eigenvalue weighted by atomic mass is 32.2. The molecule has 13 nitrogen and oxygen atoms in total. The largest absolute Gasteiger partial charge is 0.493 e. The van der Waals surface area contributed by atoms with E-state index in [1.807, 2.05) is 0 Å². The van der Waals surface area contributed by atoms with Crippen molar-refractivity contribution in [2.75, 3.05) is 19.7 Å². The van der Waals surface area contributed by atoms with Gasteiger partial charge in [-0.15, -0.1) is 0 Å². The van der Waals surface area contributed by atoms with Crippen LogP contribution in [0, 0.1) is 0 Å². The maximum absolute atomic E-state index is 12.7. The number of nitrogens with zero attached hydrogens (tertiary/aromatic N) is 2. The Morgan fingerprint density at radius 1 is 1.05 bits per heavy atom. The van der Waals surface area contributed by atoms with Crippen LogP contribution in [0.2, 0.25) is 0 Å². The highest BCUT2D eigenvalue weighted by Gasteiger charge is 2.26. The molecule has 1 aromatic carbocycles. The van der Waals surface area contributed by atoms with E-state index in [-0.39, 0.29) is 16.4 Å². The average Bonchev–Trinajstić information content (AvgIpc) is 2.90. The molecule has 0 aliphatic carbocycles. The summed E-state index contributed by atoms with van der Waals surface area (Å²) in [6.45, 7) is 0.419. The van der Waals surface area contributed by atoms with Crippen LogP contribution >= 0.6 is 0 Å². The van der Waals surface area contributed by atoms with Gasteiger partial charge in [0.15, 0.2) is 5.96 Å². The van der Waals surface area contributed by atoms with E-state index in [0.29, 0.717) is 24.4 Å². The molecule has 2 aromatic heterocycles. The van der Waals surface area contributed by atoms with Gasteiger partial charge >= 0.3 is 5.97 Å². The number of carbonyl (C=O) groups excluding carboxylic acids is 1. The number of aliphatic carboxylic acids is 1. The van der Waals surface area contributed by atoms with Gasteiger partial charge in [0.1, 0.15) is 11.8 Å². The number of nitrogens with one attached hydrogen (secondary N) is 2. The van der Waals surface area contributed by atoms with Crippen molar-refractivity contribution in [2.24, 2.45) is 16.5 Å². The van der Waals surface area contributed by atoms with Gasteiger partial charge in [-0.05, 0) is 43.5 Å². The van der Waals surface area contributed by atoms with E-state index in [2.05, 4.69) is 15.0 Å². The molecule has 0 saturated heterocycles. The number of hydrogen-bond acceptors (Lipinski definition) is 7. The van der Waals surface area contributed by atoms with Crippen LogP contribution in [-0.2, 0) is 14.8 Å². The van der Waals surface area contributed by atoms with Crippen LogP contribution in [0.25, 0.3) is 5.52 Å². The monoisotopic (exact) mass is 558 g/mol. The van der Waals surface area contributed by atoms with Crippen molar-refractivity contribution in [2.45, 2.75) is 30.2 Å². The summed E-state index contributed by atoms with van der Waals surface area (Å²) in [7, 11) is -4.14. The molecule has 1 atom stereocenters. The number of fused-ring (bicyclic) bond motifs is 1. The summed E-state index contributed by atoms with van der Waals surface area (Å²) >= 11 is 0. The third-order valence-corrected chi connectivity index (χ3v) is 7.01. The third-order valence-electron chi connectivity index (χ3n) is 5.52. The Labute approximate surface area is 224 Å². The van der Waals surface area contributed by atoms with Gasteiger partial charge in [-0.2, -0.15) is 4.72 Å². The van der Waals surface area contributed by atoms with Crippen LogP contribution in [0.3, 0.4) is 0 Å². The van der Waals surface area contributed by atoms with E-state index in [1.165, 1.54) is 40.9 Å². The van der Waals surface area contributed by atoms with Crippen LogP contribution in [0.1, 0.15) is 29.6 Å². The molecule has 14 heteroatoms. The van der Waals surface area contributed by atoms with E-state index >= 15 is 0 Å². The summed E-state index contributed by atoms with van der Waals surface area (Å²) in [5.74, 6) is -1.67. The maximum Gasteiger partial charge on any atom is 0.323 e. The number of amides is 1. The van der Waals surface area contributed by atoms with Crippen molar-refractivity contribution < 1.29 is 27.9 Å². The summed E-state index contributed by atoms with van der Waals surface area (Å²) < 4.78 is 34.1. The second kappa shape index (κ2) is 13.4. The van der Waals surface area contributed by atoms with Crippen molar-refractivity contribution in [1.29, 1.82) is 0 Å². The van der Waals surface area contributed by atoms with Crippen molar-refractivity contribution in [1.82, 2.24) is 14.4 Å². The number of carboxylic acids is 1. The first-order valence-electron chi connectivity index (χ1n) is 12.0. The Morgan fingerprint density at radius 2 is 1.79 bits per heavy atom. The van der Waals surface area contributed by atoms with Gasteiger partial charge in [0.2, 0.25) is 10.0 Å². The number of pyridine rings is 2. The molecule has 0 aliphatic heterocycles. The lowest BCUT2D eigenvalue weighted by Crippen LogP contribution is -2.48. The number of aromatic nitrogens is 1. The normalized spacial score (nSPS) is 12.0. The molecule has 0 saturated carbocycles. The molecule has 0 bridgehead atoms. The van der Waals surface area contributed by atoms with Gasteiger partial charge in [0.05, 0.1) is 17.0 Å². The van der Waals surface area contributed by atoms with Gasteiger partial charge in [-0.1, -0.05) is 18.2 Å². The average molecular weight is 559 g/mol. The van der Waals surface area contributed by atoms with Crippen LogP contribution in [0.4, 0.5) is 0 Å². The summed E-state index contributed by atoms with van der Waals surface area (Å²) in [6, 6.07) is 11.4. The van der Waals surface area contributed by atoms with E-state index < -0.39 is 40.0 Å². The predicted molar refractivity (Wildman–Crippen MR) is 144 cm³/mol. The highest BCUT2D eigenvalue weighted by Crippen LogP contribution is 2.15. The fourth-order valence-electron chi connectivity index (χ4n) is 3.55. The number of benzene rings is 1. The summed E-state index contributed by atoms with van der Waals surface area (Å²) in [5, 5.41) is 11.9. The van der Waals surface area contributed by atoms with Gasteiger partial charge < -0.3 is 26.6 Å². The first kappa shape index (κ1) is 29.1. The number of unbranched alkanes of at least 4 members (excludes halogenated alkanes) is 2. The Balaban J connectivity index is 1.63.